The van der Waals surface area contributed by atoms with Crippen LogP contribution in [-0.2, 0) is 9.59 Å². The van der Waals surface area contributed by atoms with Crippen molar-refractivity contribution in [3.05, 3.63) is 33.7 Å². The van der Waals surface area contributed by atoms with Crippen LogP contribution in [0.25, 0.3) is 0 Å². The van der Waals surface area contributed by atoms with Crippen LogP contribution >= 0.6 is 23.2 Å². The van der Waals surface area contributed by atoms with Crippen molar-refractivity contribution in [1.29, 1.82) is 0 Å². The molecule has 1 N–H and O–H groups in total. The van der Waals surface area contributed by atoms with Gasteiger partial charge in [0.25, 0.3) is 0 Å². The molecule has 1 saturated heterocycles. The molecule has 1 unspecified atom stereocenters. The number of amides is 2. The van der Waals surface area contributed by atoms with Gasteiger partial charge in [-0.1, -0.05) is 42.6 Å². The molecule has 7 heteroatoms. The summed E-state index contributed by atoms with van der Waals surface area (Å²) in [6.45, 7) is 6.95. The molecule has 6 atom stereocenters. The number of anilines is 1. The number of nitrogens with zero attached hydrogens (tertiary/aromatic N) is 2. The molecule has 1 aromatic heterocycles. The molecule has 4 aliphatic rings. The van der Waals surface area contributed by atoms with E-state index in [1.165, 1.54) is 11.3 Å². The molecule has 0 bridgehead atoms. The number of hydrogen-bond donors (Lipinski definition) is 1. The van der Waals surface area contributed by atoms with Crippen LogP contribution in [-0.4, -0.2) is 28.7 Å². The molecule has 1 aromatic rings. The van der Waals surface area contributed by atoms with Gasteiger partial charge in [0.05, 0.1) is 5.69 Å². The van der Waals surface area contributed by atoms with E-state index in [1.54, 1.807) is 12.1 Å². The fraction of sp³-hybridized carbons (Fsp3) is 0.654. The third kappa shape index (κ3) is 3.44. The number of halogens is 2. The first-order valence-electron chi connectivity index (χ1n) is 12.2. The molecule has 2 heterocycles. The van der Waals surface area contributed by atoms with E-state index in [9.17, 15) is 9.59 Å². The third-order valence-electron chi connectivity index (χ3n) is 9.70. The summed E-state index contributed by atoms with van der Waals surface area (Å²) in [5.74, 6) is 1.90. The number of piperidine rings is 1. The number of carbonyl (C=O) groups is 2. The van der Waals surface area contributed by atoms with E-state index >= 15 is 0 Å². The molecule has 0 aromatic carbocycles. The predicted octanol–water partition coefficient (Wildman–Crippen LogP) is 6.32. The van der Waals surface area contributed by atoms with E-state index in [4.69, 9.17) is 23.2 Å². The molecular weight excluding hydrogens is 457 g/mol. The smallest absolute Gasteiger partial charge is 0.228 e. The summed E-state index contributed by atoms with van der Waals surface area (Å²) in [4.78, 5) is 31.9. The number of rotatable bonds is 2. The van der Waals surface area contributed by atoms with Gasteiger partial charge in [-0.15, -0.1) is 0 Å². The minimum absolute atomic E-state index is 0.0257. The second-order valence-electron chi connectivity index (χ2n) is 11.2. The van der Waals surface area contributed by atoms with Gasteiger partial charge >= 0.3 is 0 Å². The molecule has 33 heavy (non-hydrogen) atoms. The van der Waals surface area contributed by atoms with Gasteiger partial charge in [0.15, 0.2) is 5.15 Å². The minimum atomic E-state index is -0.0377. The summed E-state index contributed by atoms with van der Waals surface area (Å²) >= 11 is 12.1. The molecule has 178 valence electrons. The number of carbonyl (C=O) groups excluding carboxylic acids is 2. The lowest BCUT2D eigenvalue weighted by Gasteiger charge is -2.59. The zero-order valence-corrected chi connectivity index (χ0v) is 21.4. The van der Waals surface area contributed by atoms with E-state index in [1.807, 2.05) is 11.9 Å². The highest BCUT2D eigenvalue weighted by molar-refractivity contribution is 6.34. The fourth-order valence-corrected chi connectivity index (χ4v) is 8.66. The largest absolute Gasteiger partial charge is 0.323 e. The Labute approximate surface area is 206 Å². The van der Waals surface area contributed by atoms with E-state index in [0.29, 0.717) is 35.0 Å². The molecular formula is C26H33Cl2N3O2. The summed E-state index contributed by atoms with van der Waals surface area (Å²) in [6.07, 6.45) is 6.75. The van der Waals surface area contributed by atoms with Crippen LogP contribution in [0.15, 0.2) is 23.4 Å². The van der Waals surface area contributed by atoms with Gasteiger partial charge in [-0.2, -0.15) is 0 Å². The molecule has 3 aliphatic carbocycles. The predicted molar refractivity (Wildman–Crippen MR) is 131 cm³/mol. The van der Waals surface area contributed by atoms with Crippen LogP contribution < -0.4 is 5.32 Å². The number of aromatic nitrogens is 1. The quantitative estimate of drug-likeness (QED) is 0.494. The second kappa shape index (κ2) is 7.98. The molecule has 2 amide bonds. The van der Waals surface area contributed by atoms with Crippen molar-refractivity contribution in [2.75, 3.05) is 12.4 Å². The van der Waals surface area contributed by atoms with Gasteiger partial charge in [0.1, 0.15) is 5.15 Å². The highest BCUT2D eigenvalue weighted by atomic mass is 35.5. The Morgan fingerprint density at radius 1 is 1.15 bits per heavy atom. The number of allylic oxidation sites excluding steroid dienone is 2. The van der Waals surface area contributed by atoms with Crippen LogP contribution in [0.3, 0.4) is 0 Å². The van der Waals surface area contributed by atoms with Crippen LogP contribution in [0.2, 0.25) is 10.3 Å². The minimum Gasteiger partial charge on any atom is -0.323 e. The number of nitrogens with one attached hydrogen (secondary N) is 1. The number of hydrogen-bond acceptors (Lipinski definition) is 3. The Morgan fingerprint density at radius 2 is 1.91 bits per heavy atom. The lowest BCUT2D eigenvalue weighted by atomic mass is 9.48. The van der Waals surface area contributed by atoms with Crippen molar-refractivity contribution in [2.45, 2.75) is 65.7 Å². The van der Waals surface area contributed by atoms with Crippen molar-refractivity contribution in [3.8, 4) is 0 Å². The summed E-state index contributed by atoms with van der Waals surface area (Å²) < 4.78 is 0. The maximum atomic E-state index is 13.4. The van der Waals surface area contributed by atoms with Crippen LogP contribution in [0.1, 0.15) is 65.7 Å². The first-order valence-corrected chi connectivity index (χ1v) is 12.9. The van der Waals surface area contributed by atoms with E-state index in [2.05, 4.69) is 31.1 Å². The SMILES string of the molecule is CC1=C2N(C)C(=O)CC[C@]2(C)[C@@H]2CC[C@]3(C)C(C(=O)Nc4ccc(Cl)nc4Cl)CC[C@H]3[C@@H]2C1. The Kier molecular flexibility index (Phi) is 5.60. The lowest BCUT2D eigenvalue weighted by Crippen LogP contribution is -2.54. The third-order valence-corrected chi connectivity index (χ3v) is 10.2. The molecule has 1 aliphatic heterocycles. The zero-order chi connectivity index (χ0) is 23.7. The highest BCUT2D eigenvalue weighted by Gasteiger charge is 2.61. The standard InChI is InChI=1S/C26H33Cl2N3O2/c1-14-13-15-16-5-6-18(24(33)29-19-7-8-20(27)30-23(19)28)25(16,2)11-9-17(15)26(3)12-10-21(32)31(4)22(14)26/h7-8,15-18H,5-6,9-13H2,1-4H3,(H,29,33)/t15-,16-,17+,18?,25-,26+/m0/s1. The Balaban J connectivity index is 1.41. The average Bonchev–Trinajstić information content (AvgIpc) is 3.10. The molecule has 0 radical (unpaired) electrons. The summed E-state index contributed by atoms with van der Waals surface area (Å²) in [7, 11) is 1.96. The molecule has 3 fully saturated rings. The van der Waals surface area contributed by atoms with Crippen molar-refractivity contribution in [2.24, 2.45) is 34.5 Å². The topological polar surface area (TPSA) is 62.3 Å². The molecule has 5 rings (SSSR count). The maximum absolute atomic E-state index is 13.4. The zero-order valence-electron chi connectivity index (χ0n) is 19.9. The second-order valence-corrected chi connectivity index (χ2v) is 12.0. The number of fused-ring (bicyclic) bond motifs is 5. The van der Waals surface area contributed by atoms with Gasteiger partial charge in [-0.25, -0.2) is 4.98 Å². The monoisotopic (exact) mass is 489 g/mol. The van der Waals surface area contributed by atoms with Crippen molar-refractivity contribution in [3.63, 3.8) is 0 Å². The average molecular weight is 490 g/mol. The van der Waals surface area contributed by atoms with Crippen LogP contribution in [0.5, 0.6) is 0 Å². The van der Waals surface area contributed by atoms with Crippen molar-refractivity contribution < 1.29 is 9.59 Å². The van der Waals surface area contributed by atoms with E-state index < -0.39 is 0 Å². The van der Waals surface area contributed by atoms with E-state index in [-0.39, 0.29) is 33.7 Å². The first-order chi connectivity index (χ1) is 15.6. The highest BCUT2D eigenvalue weighted by Crippen LogP contribution is 2.66. The molecule has 2 saturated carbocycles. The van der Waals surface area contributed by atoms with Crippen molar-refractivity contribution >= 4 is 40.7 Å². The Bertz CT molecular complexity index is 1060. The first kappa shape index (κ1) is 23.2. The van der Waals surface area contributed by atoms with Gasteiger partial charge in [0, 0.05) is 30.5 Å². The van der Waals surface area contributed by atoms with Gasteiger partial charge in [0.2, 0.25) is 11.8 Å². The molecule has 5 nitrogen and oxygen atoms in total. The summed E-state index contributed by atoms with van der Waals surface area (Å²) in [5.41, 5.74) is 3.20. The Morgan fingerprint density at radius 3 is 2.64 bits per heavy atom. The Hall–Kier alpha value is -1.59. The van der Waals surface area contributed by atoms with E-state index in [0.717, 1.165) is 38.5 Å². The number of likely N-dealkylation sites (tertiary alicyclic amines) is 1. The molecule has 0 spiro atoms. The van der Waals surface area contributed by atoms with Crippen molar-refractivity contribution in [1.82, 2.24) is 9.88 Å². The van der Waals surface area contributed by atoms with Gasteiger partial charge in [-0.05, 0) is 80.8 Å². The van der Waals surface area contributed by atoms with Gasteiger partial charge < -0.3 is 10.2 Å². The fourth-order valence-electron chi connectivity index (χ4n) is 8.26. The maximum Gasteiger partial charge on any atom is 0.228 e. The summed E-state index contributed by atoms with van der Waals surface area (Å²) in [5, 5.41) is 3.57. The van der Waals surface area contributed by atoms with Crippen LogP contribution in [0, 0.1) is 34.5 Å². The normalized spacial score (nSPS) is 38.0. The van der Waals surface area contributed by atoms with Gasteiger partial charge in [-0.3, -0.25) is 9.59 Å². The lowest BCUT2D eigenvalue weighted by molar-refractivity contribution is -0.137. The van der Waals surface area contributed by atoms with Crippen LogP contribution in [0.4, 0.5) is 5.69 Å². The number of pyridine rings is 1. The summed E-state index contributed by atoms with van der Waals surface area (Å²) in [6, 6.07) is 3.37.